The first-order chi connectivity index (χ1) is 7.11. The molecule has 2 N–H and O–H groups in total. The molecule has 3 nitrogen and oxygen atoms in total. The van der Waals surface area contributed by atoms with Gasteiger partial charge in [0.2, 0.25) is 0 Å². The first kappa shape index (κ1) is 12.7. The van der Waals surface area contributed by atoms with E-state index in [1.807, 2.05) is 12.1 Å². The minimum atomic E-state index is -0.767. The summed E-state index contributed by atoms with van der Waals surface area (Å²) in [6.07, 6.45) is 1.68. The van der Waals surface area contributed by atoms with Crippen molar-refractivity contribution in [3.8, 4) is 5.75 Å². The van der Waals surface area contributed by atoms with Gasteiger partial charge in [-0.25, -0.2) is 0 Å². The van der Waals surface area contributed by atoms with Crippen LogP contribution in [-0.2, 0) is 17.3 Å². The Bertz CT molecular complexity index is 357. The number of hydrogen-bond donors (Lipinski definition) is 2. The van der Waals surface area contributed by atoms with E-state index in [1.165, 1.54) is 0 Å². The summed E-state index contributed by atoms with van der Waals surface area (Å²) in [5.74, 6) is 0.900. The lowest BCUT2D eigenvalue weighted by Gasteiger charge is -2.07. The highest BCUT2D eigenvalue weighted by Gasteiger charge is 2.03. The van der Waals surface area contributed by atoms with Gasteiger partial charge in [-0.3, -0.25) is 4.21 Å². The third kappa shape index (κ3) is 4.32. The van der Waals surface area contributed by atoms with E-state index in [2.05, 4.69) is 21.2 Å². The molecule has 0 bridgehead atoms. The molecule has 0 spiro atoms. The van der Waals surface area contributed by atoms with Crippen molar-refractivity contribution in [2.45, 2.75) is 6.54 Å². The quantitative estimate of drug-likeness (QED) is 0.811. The lowest BCUT2D eigenvalue weighted by molar-refractivity contribution is 0.462. The Kier molecular flexibility index (Phi) is 5.28. The van der Waals surface area contributed by atoms with Crippen LogP contribution in [0.4, 0.5) is 0 Å². The predicted molar refractivity (Wildman–Crippen MR) is 66.4 cm³/mol. The second kappa shape index (κ2) is 6.25. The molecule has 1 aromatic rings. The number of nitrogens with one attached hydrogen (secondary N) is 1. The Balaban J connectivity index is 2.44. The van der Waals surface area contributed by atoms with Crippen molar-refractivity contribution in [2.24, 2.45) is 0 Å². The van der Waals surface area contributed by atoms with E-state index in [0.29, 0.717) is 23.3 Å². The van der Waals surface area contributed by atoms with Crippen LogP contribution >= 0.6 is 15.9 Å². The van der Waals surface area contributed by atoms with Crippen molar-refractivity contribution in [3.05, 3.63) is 28.2 Å². The summed E-state index contributed by atoms with van der Waals surface area (Å²) < 4.78 is 11.5. The molecule has 0 fully saturated rings. The molecule has 84 valence electrons. The number of rotatable bonds is 5. The highest BCUT2D eigenvalue weighted by Crippen LogP contribution is 2.26. The zero-order chi connectivity index (χ0) is 11.3. The second-order valence-corrected chi connectivity index (χ2v) is 5.61. The number of halogens is 1. The fraction of sp³-hybridized carbons (Fsp3) is 0.400. The molecule has 0 radical (unpaired) electrons. The number of aromatic hydroxyl groups is 1. The van der Waals surface area contributed by atoms with Gasteiger partial charge in [0.1, 0.15) is 5.75 Å². The van der Waals surface area contributed by atoms with E-state index >= 15 is 0 Å². The van der Waals surface area contributed by atoms with Crippen molar-refractivity contribution >= 4 is 26.7 Å². The molecule has 0 aliphatic carbocycles. The molecule has 0 aromatic heterocycles. The topological polar surface area (TPSA) is 49.3 Å². The van der Waals surface area contributed by atoms with Crippen molar-refractivity contribution in [1.82, 2.24) is 5.32 Å². The number of para-hydroxylation sites is 1. The molecule has 1 aromatic carbocycles. The smallest absolute Gasteiger partial charge is 0.134 e. The second-order valence-electron chi connectivity index (χ2n) is 3.20. The van der Waals surface area contributed by atoms with Gasteiger partial charge < -0.3 is 10.4 Å². The molecule has 0 saturated heterocycles. The Hall–Kier alpha value is -0.390. The van der Waals surface area contributed by atoms with Crippen molar-refractivity contribution in [1.29, 1.82) is 0 Å². The summed E-state index contributed by atoms with van der Waals surface area (Å²) in [6.45, 7) is 1.28. The average molecular weight is 292 g/mol. The molecule has 0 aliphatic heterocycles. The Labute approximate surface area is 100 Å². The average Bonchev–Trinajstić information content (AvgIpc) is 2.18. The maximum Gasteiger partial charge on any atom is 0.134 e. The minimum Gasteiger partial charge on any atom is -0.506 e. The standard InChI is InChI=1S/C10H14BrNO2S/c1-15(14)6-5-12-7-8-3-2-4-9(11)10(8)13/h2-4,12-13H,5-7H2,1H3. The maximum atomic E-state index is 10.8. The Morgan fingerprint density at radius 1 is 1.53 bits per heavy atom. The van der Waals surface area contributed by atoms with Gasteiger partial charge in [-0.2, -0.15) is 0 Å². The van der Waals surface area contributed by atoms with Crippen LogP contribution in [0.15, 0.2) is 22.7 Å². The SMILES string of the molecule is CS(=O)CCNCc1cccc(Br)c1O. The highest BCUT2D eigenvalue weighted by atomic mass is 79.9. The van der Waals surface area contributed by atoms with E-state index < -0.39 is 10.8 Å². The monoisotopic (exact) mass is 291 g/mol. The van der Waals surface area contributed by atoms with Gasteiger partial charge in [-0.15, -0.1) is 0 Å². The summed E-state index contributed by atoms with van der Waals surface area (Å²) >= 11 is 3.25. The molecule has 0 aliphatic rings. The number of hydrogen-bond acceptors (Lipinski definition) is 3. The lowest BCUT2D eigenvalue weighted by atomic mass is 10.2. The zero-order valence-corrected chi connectivity index (χ0v) is 10.9. The Morgan fingerprint density at radius 2 is 2.27 bits per heavy atom. The maximum absolute atomic E-state index is 10.8. The van der Waals surface area contributed by atoms with Crippen LogP contribution in [0.3, 0.4) is 0 Å². The molecule has 15 heavy (non-hydrogen) atoms. The van der Waals surface area contributed by atoms with Crippen LogP contribution in [0.25, 0.3) is 0 Å². The van der Waals surface area contributed by atoms with Crippen LogP contribution in [0.5, 0.6) is 5.75 Å². The van der Waals surface area contributed by atoms with E-state index in [-0.39, 0.29) is 5.75 Å². The molecular formula is C10H14BrNO2S. The van der Waals surface area contributed by atoms with Crippen LogP contribution in [-0.4, -0.2) is 27.9 Å². The normalized spacial score (nSPS) is 12.7. The van der Waals surface area contributed by atoms with Gasteiger partial charge in [-0.05, 0) is 22.0 Å². The van der Waals surface area contributed by atoms with Crippen LogP contribution in [0, 0.1) is 0 Å². The zero-order valence-electron chi connectivity index (χ0n) is 8.50. The van der Waals surface area contributed by atoms with Crippen LogP contribution in [0.1, 0.15) is 5.56 Å². The number of benzene rings is 1. The van der Waals surface area contributed by atoms with Gasteiger partial charge in [0.15, 0.2) is 0 Å². The molecule has 1 rings (SSSR count). The van der Waals surface area contributed by atoms with E-state index in [0.717, 1.165) is 5.56 Å². The summed E-state index contributed by atoms with van der Waals surface area (Å²) in [4.78, 5) is 0. The lowest BCUT2D eigenvalue weighted by Crippen LogP contribution is -2.19. The van der Waals surface area contributed by atoms with Gasteiger partial charge in [0, 0.05) is 41.5 Å². The van der Waals surface area contributed by atoms with Crippen molar-refractivity contribution in [2.75, 3.05) is 18.6 Å². The third-order valence-corrected chi connectivity index (χ3v) is 3.37. The van der Waals surface area contributed by atoms with Gasteiger partial charge >= 0.3 is 0 Å². The van der Waals surface area contributed by atoms with Gasteiger partial charge in [-0.1, -0.05) is 12.1 Å². The Morgan fingerprint density at radius 3 is 2.93 bits per heavy atom. The van der Waals surface area contributed by atoms with Gasteiger partial charge in [0.05, 0.1) is 4.47 Å². The van der Waals surface area contributed by atoms with Crippen LogP contribution < -0.4 is 5.32 Å². The first-order valence-electron chi connectivity index (χ1n) is 4.58. The van der Waals surface area contributed by atoms with E-state index in [1.54, 1.807) is 12.3 Å². The highest BCUT2D eigenvalue weighted by molar-refractivity contribution is 9.10. The molecule has 5 heteroatoms. The summed E-state index contributed by atoms with van der Waals surface area (Å²) in [5, 5.41) is 12.8. The van der Waals surface area contributed by atoms with Crippen molar-refractivity contribution < 1.29 is 9.32 Å². The summed E-state index contributed by atoms with van der Waals surface area (Å²) in [6, 6.07) is 5.52. The number of phenols is 1. The summed E-state index contributed by atoms with van der Waals surface area (Å²) in [5.41, 5.74) is 0.839. The summed E-state index contributed by atoms with van der Waals surface area (Å²) in [7, 11) is -0.767. The van der Waals surface area contributed by atoms with E-state index in [9.17, 15) is 9.32 Å². The van der Waals surface area contributed by atoms with E-state index in [4.69, 9.17) is 0 Å². The third-order valence-electron chi connectivity index (χ3n) is 1.95. The number of phenolic OH excluding ortho intramolecular Hbond substituents is 1. The largest absolute Gasteiger partial charge is 0.506 e. The molecule has 1 atom stereocenters. The predicted octanol–water partition coefficient (Wildman–Crippen LogP) is 1.62. The molecule has 0 saturated carbocycles. The fourth-order valence-electron chi connectivity index (χ4n) is 1.14. The molecule has 1 unspecified atom stereocenters. The first-order valence-corrected chi connectivity index (χ1v) is 7.10. The van der Waals surface area contributed by atoms with Crippen LogP contribution in [0.2, 0.25) is 0 Å². The molecule has 0 amide bonds. The molecule has 0 heterocycles. The minimum absolute atomic E-state index is 0.266. The van der Waals surface area contributed by atoms with Crippen molar-refractivity contribution in [3.63, 3.8) is 0 Å². The fourth-order valence-corrected chi connectivity index (χ4v) is 1.98. The van der Waals surface area contributed by atoms with Gasteiger partial charge in [0.25, 0.3) is 0 Å². The molecular weight excluding hydrogens is 278 g/mol.